The summed E-state index contributed by atoms with van der Waals surface area (Å²) in [5.74, 6) is 0.921. The van der Waals surface area contributed by atoms with Gasteiger partial charge in [-0.05, 0) is 37.6 Å². The van der Waals surface area contributed by atoms with Crippen molar-refractivity contribution in [2.24, 2.45) is 0 Å². The van der Waals surface area contributed by atoms with Gasteiger partial charge in [0.05, 0.1) is 6.04 Å². The van der Waals surface area contributed by atoms with E-state index in [1.165, 1.54) is 9.75 Å². The lowest BCUT2D eigenvalue weighted by atomic mass is 10.3. The molecule has 0 saturated carbocycles. The van der Waals surface area contributed by atoms with Crippen molar-refractivity contribution in [2.45, 2.75) is 19.9 Å². The van der Waals surface area contributed by atoms with Crippen LogP contribution in [0, 0.1) is 6.92 Å². The third kappa shape index (κ3) is 3.08. The molecule has 5 nitrogen and oxygen atoms in total. The lowest BCUT2D eigenvalue weighted by molar-refractivity contribution is 0.872. The molecule has 2 aromatic heterocycles. The number of rotatable bonds is 4. The van der Waals surface area contributed by atoms with Crippen LogP contribution in [0.3, 0.4) is 0 Å². The zero-order valence-electron chi connectivity index (χ0n) is 10.4. The largest absolute Gasteiger partial charge is 0.357 e. The number of halogens is 1. The van der Waals surface area contributed by atoms with E-state index in [0.717, 1.165) is 0 Å². The summed E-state index contributed by atoms with van der Waals surface area (Å²) >= 11 is 7.57. The third-order valence-corrected chi connectivity index (χ3v) is 3.72. The fraction of sp³-hybridized carbons (Fsp3) is 0.364. The van der Waals surface area contributed by atoms with Gasteiger partial charge in [-0.15, -0.1) is 11.3 Å². The van der Waals surface area contributed by atoms with Gasteiger partial charge in [-0.2, -0.15) is 15.0 Å². The van der Waals surface area contributed by atoms with Gasteiger partial charge in [-0.25, -0.2) is 0 Å². The Bertz CT molecular complexity index is 542. The van der Waals surface area contributed by atoms with E-state index >= 15 is 0 Å². The van der Waals surface area contributed by atoms with E-state index in [2.05, 4.69) is 51.6 Å². The molecule has 0 aromatic carbocycles. The van der Waals surface area contributed by atoms with Gasteiger partial charge in [-0.1, -0.05) is 0 Å². The Morgan fingerprint density at radius 2 is 1.94 bits per heavy atom. The van der Waals surface area contributed by atoms with E-state index < -0.39 is 0 Å². The first kappa shape index (κ1) is 13.0. The maximum atomic E-state index is 5.82. The Balaban J connectivity index is 2.16. The van der Waals surface area contributed by atoms with Gasteiger partial charge in [-0.3, -0.25) is 0 Å². The van der Waals surface area contributed by atoms with Crippen LogP contribution in [0.4, 0.5) is 11.9 Å². The average Bonchev–Trinajstić information content (AvgIpc) is 2.75. The maximum Gasteiger partial charge on any atom is 0.229 e. The smallest absolute Gasteiger partial charge is 0.229 e. The van der Waals surface area contributed by atoms with Crippen molar-refractivity contribution < 1.29 is 0 Å². The second kappa shape index (κ2) is 5.49. The predicted molar refractivity (Wildman–Crippen MR) is 75.5 cm³/mol. The summed E-state index contributed by atoms with van der Waals surface area (Å²) in [6.45, 7) is 4.14. The Morgan fingerprint density at radius 3 is 2.56 bits per heavy atom. The first-order valence-electron chi connectivity index (χ1n) is 5.50. The van der Waals surface area contributed by atoms with E-state index in [1.807, 2.05) is 0 Å². The van der Waals surface area contributed by atoms with Gasteiger partial charge in [0.2, 0.25) is 17.2 Å². The molecule has 0 spiro atoms. The Kier molecular flexibility index (Phi) is 3.98. The highest BCUT2D eigenvalue weighted by atomic mass is 35.5. The fourth-order valence-corrected chi connectivity index (χ4v) is 2.52. The van der Waals surface area contributed by atoms with Crippen molar-refractivity contribution in [3.63, 3.8) is 0 Å². The molecule has 0 amide bonds. The zero-order chi connectivity index (χ0) is 13.1. The average molecular weight is 284 g/mol. The Morgan fingerprint density at radius 1 is 1.22 bits per heavy atom. The highest BCUT2D eigenvalue weighted by molar-refractivity contribution is 7.12. The number of thiophene rings is 1. The lowest BCUT2D eigenvalue weighted by Gasteiger charge is -2.12. The lowest BCUT2D eigenvalue weighted by Crippen LogP contribution is -2.10. The van der Waals surface area contributed by atoms with Gasteiger partial charge in [0, 0.05) is 16.8 Å². The Hall–Kier alpha value is -1.40. The van der Waals surface area contributed by atoms with Crippen LogP contribution < -0.4 is 10.6 Å². The molecule has 2 rings (SSSR count). The van der Waals surface area contributed by atoms with Crippen molar-refractivity contribution in [1.82, 2.24) is 15.0 Å². The van der Waals surface area contributed by atoms with Crippen LogP contribution in [0.5, 0.6) is 0 Å². The summed E-state index contributed by atoms with van der Waals surface area (Å²) < 4.78 is 0. The molecule has 0 bridgehead atoms. The molecule has 0 radical (unpaired) electrons. The molecule has 0 saturated heterocycles. The van der Waals surface area contributed by atoms with E-state index in [0.29, 0.717) is 11.9 Å². The molecule has 0 aliphatic rings. The summed E-state index contributed by atoms with van der Waals surface area (Å²) in [7, 11) is 1.74. The van der Waals surface area contributed by atoms with Gasteiger partial charge in [0.1, 0.15) is 0 Å². The standard InChI is InChI=1S/C11H14ClN5S/c1-6-4-5-8(18-6)7(2)14-11-16-9(12)15-10(13-3)17-11/h4-5,7H,1-3H3,(H2,13,14,15,16,17). The number of nitrogens with one attached hydrogen (secondary N) is 2. The number of hydrogen-bond donors (Lipinski definition) is 2. The molecule has 2 aromatic rings. The van der Waals surface area contributed by atoms with Crippen LogP contribution in [0.2, 0.25) is 5.28 Å². The van der Waals surface area contributed by atoms with E-state index in [4.69, 9.17) is 11.6 Å². The van der Waals surface area contributed by atoms with Crippen molar-refractivity contribution in [2.75, 3.05) is 17.7 Å². The molecular weight excluding hydrogens is 270 g/mol. The number of nitrogens with zero attached hydrogens (tertiary/aromatic N) is 3. The Labute approximate surface area is 115 Å². The summed E-state index contributed by atoms with van der Waals surface area (Å²) in [6.07, 6.45) is 0. The van der Waals surface area contributed by atoms with E-state index in [9.17, 15) is 0 Å². The molecule has 2 heterocycles. The van der Waals surface area contributed by atoms with Gasteiger partial charge < -0.3 is 10.6 Å². The highest BCUT2D eigenvalue weighted by Crippen LogP contribution is 2.25. The molecule has 2 N–H and O–H groups in total. The molecule has 0 aliphatic heterocycles. The zero-order valence-corrected chi connectivity index (χ0v) is 11.9. The molecule has 1 unspecified atom stereocenters. The summed E-state index contributed by atoms with van der Waals surface area (Å²) in [6, 6.07) is 4.32. The quantitative estimate of drug-likeness (QED) is 0.903. The van der Waals surface area contributed by atoms with Crippen LogP contribution >= 0.6 is 22.9 Å². The first-order valence-corrected chi connectivity index (χ1v) is 6.70. The minimum Gasteiger partial charge on any atom is -0.357 e. The summed E-state index contributed by atoms with van der Waals surface area (Å²) in [5.41, 5.74) is 0. The molecule has 7 heteroatoms. The molecule has 0 aliphatic carbocycles. The summed E-state index contributed by atoms with van der Waals surface area (Å²) in [4.78, 5) is 14.7. The number of hydrogen-bond acceptors (Lipinski definition) is 6. The second-order valence-electron chi connectivity index (χ2n) is 3.82. The van der Waals surface area contributed by atoms with Crippen molar-refractivity contribution >= 4 is 34.8 Å². The van der Waals surface area contributed by atoms with Crippen LogP contribution in [0.15, 0.2) is 12.1 Å². The van der Waals surface area contributed by atoms with Gasteiger partial charge in [0.15, 0.2) is 0 Å². The fourth-order valence-electron chi connectivity index (χ4n) is 1.48. The van der Waals surface area contributed by atoms with Crippen molar-refractivity contribution in [1.29, 1.82) is 0 Å². The predicted octanol–water partition coefficient (Wildman–Crippen LogP) is 3.11. The topological polar surface area (TPSA) is 62.7 Å². The normalized spacial score (nSPS) is 12.2. The minimum atomic E-state index is 0.131. The molecule has 1 atom stereocenters. The molecule has 18 heavy (non-hydrogen) atoms. The van der Waals surface area contributed by atoms with Crippen molar-refractivity contribution in [3.8, 4) is 0 Å². The van der Waals surface area contributed by atoms with Gasteiger partial charge >= 0.3 is 0 Å². The van der Waals surface area contributed by atoms with Crippen LogP contribution in [0.25, 0.3) is 0 Å². The number of aryl methyl sites for hydroxylation is 1. The van der Waals surface area contributed by atoms with Crippen LogP contribution in [-0.2, 0) is 0 Å². The van der Waals surface area contributed by atoms with E-state index in [-0.39, 0.29) is 11.3 Å². The van der Waals surface area contributed by atoms with E-state index in [1.54, 1.807) is 18.4 Å². The first-order chi connectivity index (χ1) is 8.58. The second-order valence-corrected chi connectivity index (χ2v) is 5.47. The van der Waals surface area contributed by atoms with Gasteiger partial charge in [0.25, 0.3) is 0 Å². The number of anilines is 2. The molecular formula is C11H14ClN5S. The monoisotopic (exact) mass is 283 g/mol. The third-order valence-electron chi connectivity index (χ3n) is 2.37. The minimum absolute atomic E-state index is 0.131. The summed E-state index contributed by atoms with van der Waals surface area (Å²) in [5, 5.41) is 6.22. The molecule has 96 valence electrons. The highest BCUT2D eigenvalue weighted by Gasteiger charge is 2.10. The maximum absolute atomic E-state index is 5.82. The SMILES string of the molecule is CNc1nc(Cl)nc(NC(C)c2ccc(C)s2)n1. The molecule has 0 fully saturated rings. The van der Waals surface area contributed by atoms with Crippen molar-refractivity contribution in [3.05, 3.63) is 27.2 Å². The number of aromatic nitrogens is 3. The van der Waals surface area contributed by atoms with Crippen LogP contribution in [0.1, 0.15) is 22.7 Å². The van der Waals surface area contributed by atoms with Crippen LogP contribution in [-0.4, -0.2) is 22.0 Å².